The summed E-state index contributed by atoms with van der Waals surface area (Å²) in [7, 11) is 1.53. The molecule has 0 saturated heterocycles. The highest BCUT2D eigenvalue weighted by molar-refractivity contribution is 6.30. The molecule has 2 rings (SSSR count). The highest BCUT2D eigenvalue weighted by atomic mass is 35.5. The molecule has 0 amide bonds. The first kappa shape index (κ1) is 14.7. The number of rotatable bonds is 5. The maximum atomic E-state index is 13.8. The van der Waals surface area contributed by atoms with Gasteiger partial charge in [0.2, 0.25) is 5.88 Å². The highest BCUT2D eigenvalue weighted by Crippen LogP contribution is 2.26. The first-order valence-electron chi connectivity index (χ1n) is 6.04. The summed E-state index contributed by atoms with van der Waals surface area (Å²) >= 11 is 5.74. The van der Waals surface area contributed by atoms with E-state index in [1.807, 2.05) is 6.07 Å². The van der Waals surface area contributed by atoms with E-state index >= 15 is 0 Å². The lowest BCUT2D eigenvalue weighted by atomic mass is 10.00. The lowest BCUT2D eigenvalue weighted by Gasteiger charge is -2.18. The molecule has 1 aromatic carbocycles. The van der Waals surface area contributed by atoms with Gasteiger partial charge >= 0.3 is 0 Å². The number of methoxy groups -OCH3 is 1. The standard InChI is InChI=1S/C14H15ClFN3O/c1-20-14-11(3-2-6-18-14)13(19-17)7-9-4-5-10(15)8-12(9)16/h2-6,8,13,19H,7,17H2,1H3. The van der Waals surface area contributed by atoms with Crippen molar-refractivity contribution in [2.24, 2.45) is 5.84 Å². The number of ether oxygens (including phenoxy) is 1. The van der Waals surface area contributed by atoms with Crippen LogP contribution in [0.4, 0.5) is 4.39 Å². The third kappa shape index (κ3) is 3.25. The monoisotopic (exact) mass is 295 g/mol. The van der Waals surface area contributed by atoms with Gasteiger partial charge in [-0.05, 0) is 30.2 Å². The summed E-state index contributed by atoms with van der Waals surface area (Å²) in [5.74, 6) is 5.68. The van der Waals surface area contributed by atoms with Gasteiger partial charge in [0.25, 0.3) is 0 Å². The zero-order valence-corrected chi connectivity index (χ0v) is 11.7. The van der Waals surface area contributed by atoms with Crippen LogP contribution >= 0.6 is 11.6 Å². The van der Waals surface area contributed by atoms with Crippen LogP contribution in [0.3, 0.4) is 0 Å². The molecule has 20 heavy (non-hydrogen) atoms. The molecule has 6 heteroatoms. The predicted octanol–water partition coefficient (Wildman–Crippen LogP) is 2.63. The number of pyridine rings is 1. The van der Waals surface area contributed by atoms with Gasteiger partial charge < -0.3 is 4.74 Å². The minimum Gasteiger partial charge on any atom is -0.481 e. The molecule has 3 N–H and O–H groups in total. The number of aromatic nitrogens is 1. The van der Waals surface area contributed by atoms with E-state index in [2.05, 4.69) is 10.4 Å². The fraction of sp³-hybridized carbons (Fsp3) is 0.214. The topological polar surface area (TPSA) is 60.2 Å². The Morgan fingerprint density at radius 2 is 2.25 bits per heavy atom. The Hall–Kier alpha value is -1.69. The number of benzene rings is 1. The summed E-state index contributed by atoms with van der Waals surface area (Å²) in [6, 6.07) is 7.88. The molecule has 0 bridgehead atoms. The first-order chi connectivity index (χ1) is 9.65. The lowest BCUT2D eigenvalue weighted by Crippen LogP contribution is -2.30. The van der Waals surface area contributed by atoms with E-state index in [0.717, 1.165) is 5.56 Å². The number of halogens is 2. The molecule has 0 aliphatic rings. The minimum absolute atomic E-state index is 0.311. The van der Waals surface area contributed by atoms with Crippen molar-refractivity contribution in [3.05, 3.63) is 58.5 Å². The van der Waals surface area contributed by atoms with Crippen LogP contribution in [0.1, 0.15) is 17.2 Å². The molecule has 0 spiro atoms. The van der Waals surface area contributed by atoms with Crippen LogP contribution in [0.25, 0.3) is 0 Å². The Bertz CT molecular complexity index is 594. The molecule has 1 heterocycles. The average Bonchev–Trinajstić information content (AvgIpc) is 2.46. The second-order valence-corrected chi connectivity index (χ2v) is 4.70. The summed E-state index contributed by atoms with van der Waals surface area (Å²) in [5, 5.41) is 0.363. The van der Waals surface area contributed by atoms with E-state index in [1.165, 1.54) is 13.2 Å². The zero-order valence-electron chi connectivity index (χ0n) is 10.9. The Kier molecular flexibility index (Phi) is 4.89. The van der Waals surface area contributed by atoms with Gasteiger partial charge in [0, 0.05) is 16.8 Å². The number of hydrazine groups is 1. The van der Waals surface area contributed by atoms with E-state index in [1.54, 1.807) is 24.4 Å². The lowest BCUT2D eigenvalue weighted by molar-refractivity contribution is 0.382. The molecule has 0 saturated carbocycles. The van der Waals surface area contributed by atoms with Crippen molar-refractivity contribution >= 4 is 11.6 Å². The quantitative estimate of drug-likeness (QED) is 0.657. The average molecular weight is 296 g/mol. The number of hydrogen-bond donors (Lipinski definition) is 2. The van der Waals surface area contributed by atoms with Crippen LogP contribution in [0.2, 0.25) is 5.02 Å². The SMILES string of the molecule is COc1ncccc1C(Cc1ccc(Cl)cc1F)NN. The van der Waals surface area contributed by atoms with E-state index in [4.69, 9.17) is 22.2 Å². The van der Waals surface area contributed by atoms with E-state index in [0.29, 0.717) is 22.9 Å². The van der Waals surface area contributed by atoms with E-state index in [-0.39, 0.29) is 11.9 Å². The highest BCUT2D eigenvalue weighted by Gasteiger charge is 2.17. The van der Waals surface area contributed by atoms with Gasteiger partial charge in [-0.2, -0.15) is 0 Å². The van der Waals surface area contributed by atoms with Crippen molar-refractivity contribution in [2.45, 2.75) is 12.5 Å². The molecule has 1 unspecified atom stereocenters. The summed E-state index contributed by atoms with van der Waals surface area (Å²) in [5.41, 5.74) is 3.95. The Balaban J connectivity index is 2.29. The molecule has 0 aliphatic heterocycles. The molecule has 1 atom stereocenters. The molecule has 0 radical (unpaired) electrons. The van der Waals surface area contributed by atoms with Crippen LogP contribution in [0.15, 0.2) is 36.5 Å². The fourth-order valence-corrected chi connectivity index (χ4v) is 2.16. The second kappa shape index (κ2) is 6.65. The van der Waals surface area contributed by atoms with E-state index in [9.17, 15) is 4.39 Å². The largest absolute Gasteiger partial charge is 0.481 e. The normalized spacial score (nSPS) is 12.2. The Morgan fingerprint density at radius 1 is 1.45 bits per heavy atom. The third-order valence-electron chi connectivity index (χ3n) is 3.01. The molecule has 0 aliphatic carbocycles. The summed E-state index contributed by atoms with van der Waals surface area (Å²) in [4.78, 5) is 4.11. The maximum absolute atomic E-state index is 13.8. The van der Waals surface area contributed by atoms with Gasteiger partial charge in [0.05, 0.1) is 13.2 Å². The first-order valence-corrected chi connectivity index (χ1v) is 6.42. The molecule has 1 aromatic heterocycles. The van der Waals surface area contributed by atoms with Crippen molar-refractivity contribution in [2.75, 3.05) is 7.11 Å². The molecular weight excluding hydrogens is 281 g/mol. The van der Waals surface area contributed by atoms with Crippen LogP contribution < -0.4 is 16.0 Å². The van der Waals surface area contributed by atoms with Crippen molar-refractivity contribution in [3.63, 3.8) is 0 Å². The molecular formula is C14H15ClFN3O. The summed E-state index contributed by atoms with van der Waals surface area (Å²) in [6.45, 7) is 0. The minimum atomic E-state index is -0.361. The fourth-order valence-electron chi connectivity index (χ4n) is 2.00. The van der Waals surface area contributed by atoms with Crippen molar-refractivity contribution in [3.8, 4) is 5.88 Å². The number of nitrogens with two attached hydrogens (primary N) is 1. The summed E-state index contributed by atoms with van der Waals surface area (Å²) < 4.78 is 19.0. The van der Waals surface area contributed by atoms with Crippen LogP contribution in [-0.2, 0) is 6.42 Å². The van der Waals surface area contributed by atoms with Crippen LogP contribution in [0.5, 0.6) is 5.88 Å². The Morgan fingerprint density at radius 3 is 2.90 bits per heavy atom. The van der Waals surface area contributed by atoms with Gasteiger partial charge in [0.15, 0.2) is 0 Å². The maximum Gasteiger partial charge on any atom is 0.217 e. The zero-order chi connectivity index (χ0) is 14.5. The van der Waals surface area contributed by atoms with Gasteiger partial charge in [-0.1, -0.05) is 23.7 Å². The number of hydrogen-bond acceptors (Lipinski definition) is 4. The van der Waals surface area contributed by atoms with E-state index < -0.39 is 0 Å². The molecule has 106 valence electrons. The van der Waals surface area contributed by atoms with Gasteiger partial charge in [0.1, 0.15) is 5.82 Å². The third-order valence-corrected chi connectivity index (χ3v) is 3.24. The van der Waals surface area contributed by atoms with Crippen molar-refractivity contribution in [1.29, 1.82) is 0 Å². The van der Waals surface area contributed by atoms with Gasteiger partial charge in [-0.25, -0.2) is 9.37 Å². The smallest absolute Gasteiger partial charge is 0.217 e. The molecule has 4 nitrogen and oxygen atoms in total. The number of nitrogens with one attached hydrogen (secondary N) is 1. The van der Waals surface area contributed by atoms with Gasteiger partial charge in [-0.15, -0.1) is 0 Å². The van der Waals surface area contributed by atoms with Crippen LogP contribution in [-0.4, -0.2) is 12.1 Å². The van der Waals surface area contributed by atoms with Gasteiger partial charge in [-0.3, -0.25) is 11.3 Å². The predicted molar refractivity (Wildman–Crippen MR) is 76.0 cm³/mol. The Labute approximate surface area is 121 Å². The molecule has 2 aromatic rings. The van der Waals surface area contributed by atoms with Crippen molar-refractivity contribution in [1.82, 2.24) is 10.4 Å². The molecule has 0 fully saturated rings. The second-order valence-electron chi connectivity index (χ2n) is 4.26. The van der Waals surface area contributed by atoms with Crippen LogP contribution in [0, 0.1) is 5.82 Å². The van der Waals surface area contributed by atoms with Crippen molar-refractivity contribution < 1.29 is 9.13 Å². The number of nitrogens with zero attached hydrogens (tertiary/aromatic N) is 1. The summed E-state index contributed by atoms with van der Waals surface area (Å²) in [6.07, 6.45) is 1.99.